The zero-order valence-corrected chi connectivity index (χ0v) is 12.9. The van der Waals surface area contributed by atoms with E-state index in [-0.39, 0.29) is 22.7 Å². The van der Waals surface area contributed by atoms with E-state index >= 15 is 0 Å². The van der Waals surface area contributed by atoms with Crippen LogP contribution in [0.15, 0.2) is 4.90 Å². The quantitative estimate of drug-likeness (QED) is 0.759. The van der Waals surface area contributed by atoms with Gasteiger partial charge in [0.25, 0.3) is 10.0 Å². The fourth-order valence-electron chi connectivity index (χ4n) is 2.72. The summed E-state index contributed by atoms with van der Waals surface area (Å²) in [5, 5.41) is 17.4. The Hall–Kier alpha value is -0.960. The lowest BCUT2D eigenvalue weighted by Crippen LogP contribution is -2.54. The molecule has 0 amide bonds. The van der Waals surface area contributed by atoms with Crippen molar-refractivity contribution < 1.29 is 13.5 Å². The van der Waals surface area contributed by atoms with E-state index in [0.717, 1.165) is 19.3 Å². The number of nitrogens with zero attached hydrogens (tertiary/aromatic N) is 2. The molecule has 2 atom stereocenters. The number of aliphatic hydroxyl groups excluding tert-OH is 1. The normalized spacial score (nSPS) is 25.0. The Morgan fingerprint density at radius 1 is 1.40 bits per heavy atom. The van der Waals surface area contributed by atoms with Gasteiger partial charge in [-0.1, -0.05) is 6.42 Å². The highest BCUT2D eigenvalue weighted by molar-refractivity contribution is 7.89. The van der Waals surface area contributed by atoms with Crippen LogP contribution in [0.4, 0.5) is 0 Å². The van der Waals surface area contributed by atoms with E-state index in [0.29, 0.717) is 5.69 Å². The molecule has 0 aromatic carbocycles. The number of aryl methyl sites for hydroxylation is 1. The lowest BCUT2D eigenvalue weighted by atomic mass is 10.0. The molecule has 0 saturated carbocycles. The average Bonchev–Trinajstić information content (AvgIpc) is 2.76. The number of nitrogens with one attached hydrogen (secondary N) is 2. The van der Waals surface area contributed by atoms with Crippen LogP contribution in [0.2, 0.25) is 0 Å². The van der Waals surface area contributed by atoms with Gasteiger partial charge in [0, 0.05) is 12.1 Å². The third-order valence-electron chi connectivity index (χ3n) is 3.80. The predicted octanol–water partition coefficient (Wildman–Crippen LogP) is 0.667. The van der Waals surface area contributed by atoms with Crippen LogP contribution in [0.1, 0.15) is 44.5 Å². The van der Waals surface area contributed by atoms with Gasteiger partial charge >= 0.3 is 0 Å². The molecule has 1 fully saturated rings. The highest BCUT2D eigenvalue weighted by atomic mass is 32.2. The number of H-pyrrole nitrogens is 1. The average molecular weight is 302 g/mol. The van der Waals surface area contributed by atoms with Crippen molar-refractivity contribution in [2.75, 3.05) is 0 Å². The molecule has 0 radical (unpaired) electrons. The SMILES string of the molecule is Cc1[nH]nc(CO)c1S(=O)(=O)NN1C(C)CCCC1C. The van der Waals surface area contributed by atoms with Crippen LogP contribution < -0.4 is 4.83 Å². The standard InChI is InChI=1S/C12H22N4O3S/c1-8-5-4-6-9(2)16(8)15-20(18,19)12-10(3)13-14-11(12)7-17/h8-9,15,17H,4-7H2,1-3H3,(H,13,14). The van der Waals surface area contributed by atoms with E-state index in [1.807, 2.05) is 13.8 Å². The van der Waals surface area contributed by atoms with Gasteiger partial charge in [0.2, 0.25) is 0 Å². The first-order chi connectivity index (χ1) is 9.36. The van der Waals surface area contributed by atoms with E-state index in [9.17, 15) is 13.5 Å². The van der Waals surface area contributed by atoms with Crippen LogP contribution in [0.5, 0.6) is 0 Å². The molecule has 2 heterocycles. The molecule has 3 N–H and O–H groups in total. The molecule has 0 aliphatic carbocycles. The van der Waals surface area contributed by atoms with Gasteiger partial charge in [-0.25, -0.2) is 13.4 Å². The first kappa shape index (κ1) is 15.4. The Morgan fingerprint density at radius 2 is 2.00 bits per heavy atom. The van der Waals surface area contributed by atoms with Crippen LogP contribution in [-0.2, 0) is 16.6 Å². The summed E-state index contributed by atoms with van der Waals surface area (Å²) in [6, 6.07) is 0.302. The largest absolute Gasteiger partial charge is 0.390 e. The number of aliphatic hydroxyl groups is 1. The van der Waals surface area contributed by atoms with Crippen molar-refractivity contribution >= 4 is 10.0 Å². The Bertz CT molecular complexity index is 559. The van der Waals surface area contributed by atoms with Crippen LogP contribution >= 0.6 is 0 Å². The van der Waals surface area contributed by atoms with Crippen molar-refractivity contribution in [3.05, 3.63) is 11.4 Å². The fraction of sp³-hybridized carbons (Fsp3) is 0.750. The summed E-state index contributed by atoms with van der Waals surface area (Å²) in [6.07, 6.45) is 3.03. The second kappa shape index (κ2) is 5.80. The molecule has 1 aromatic rings. The van der Waals surface area contributed by atoms with Crippen LogP contribution in [0.25, 0.3) is 0 Å². The lowest BCUT2D eigenvalue weighted by molar-refractivity contribution is 0.0789. The molecular formula is C12H22N4O3S. The number of aromatic nitrogens is 2. The minimum absolute atomic E-state index is 0.0463. The minimum Gasteiger partial charge on any atom is -0.390 e. The molecule has 2 unspecified atom stereocenters. The van der Waals surface area contributed by atoms with Gasteiger partial charge in [-0.3, -0.25) is 5.10 Å². The Kier molecular flexibility index (Phi) is 4.48. The molecule has 1 aliphatic rings. The maximum absolute atomic E-state index is 12.5. The Balaban J connectivity index is 2.29. The van der Waals surface area contributed by atoms with Crippen molar-refractivity contribution in [2.45, 2.75) is 63.6 Å². The molecule has 114 valence electrons. The zero-order chi connectivity index (χ0) is 14.9. The smallest absolute Gasteiger partial charge is 0.257 e. The van der Waals surface area contributed by atoms with Crippen molar-refractivity contribution in [1.29, 1.82) is 0 Å². The third-order valence-corrected chi connectivity index (χ3v) is 5.33. The van der Waals surface area contributed by atoms with Crippen molar-refractivity contribution in [1.82, 2.24) is 20.0 Å². The molecule has 20 heavy (non-hydrogen) atoms. The first-order valence-corrected chi connectivity index (χ1v) is 8.30. The Labute approximate surface area is 119 Å². The van der Waals surface area contributed by atoms with Gasteiger partial charge in [0.1, 0.15) is 10.6 Å². The molecule has 8 heteroatoms. The number of hydrazine groups is 1. The first-order valence-electron chi connectivity index (χ1n) is 6.82. The summed E-state index contributed by atoms with van der Waals surface area (Å²) in [5.74, 6) is 0. The van der Waals surface area contributed by atoms with Gasteiger partial charge in [0.15, 0.2) is 0 Å². The van der Waals surface area contributed by atoms with Gasteiger partial charge in [-0.15, -0.1) is 4.83 Å². The highest BCUT2D eigenvalue weighted by Gasteiger charge is 2.31. The predicted molar refractivity (Wildman–Crippen MR) is 74.2 cm³/mol. The molecule has 0 spiro atoms. The molecule has 1 aromatic heterocycles. The molecule has 1 saturated heterocycles. The van der Waals surface area contributed by atoms with Crippen molar-refractivity contribution in [3.63, 3.8) is 0 Å². The van der Waals surface area contributed by atoms with Gasteiger partial charge < -0.3 is 5.11 Å². The van der Waals surface area contributed by atoms with E-state index in [2.05, 4.69) is 15.0 Å². The number of rotatable bonds is 4. The Morgan fingerprint density at radius 3 is 2.55 bits per heavy atom. The molecule has 7 nitrogen and oxygen atoms in total. The van der Waals surface area contributed by atoms with Crippen molar-refractivity contribution in [2.24, 2.45) is 0 Å². The summed E-state index contributed by atoms with van der Waals surface area (Å²) in [7, 11) is -3.73. The van der Waals surface area contributed by atoms with E-state index < -0.39 is 16.6 Å². The fourth-order valence-corrected chi connectivity index (χ4v) is 4.32. The number of hydrogen-bond donors (Lipinski definition) is 3. The molecule has 1 aliphatic heterocycles. The molecular weight excluding hydrogens is 280 g/mol. The lowest BCUT2D eigenvalue weighted by Gasteiger charge is -2.38. The summed E-state index contributed by atoms with van der Waals surface area (Å²) >= 11 is 0. The summed E-state index contributed by atoms with van der Waals surface area (Å²) in [6.45, 7) is 5.23. The monoisotopic (exact) mass is 302 g/mol. The maximum atomic E-state index is 12.5. The highest BCUT2D eigenvalue weighted by Crippen LogP contribution is 2.23. The van der Waals surface area contributed by atoms with E-state index in [1.165, 1.54) is 0 Å². The topological polar surface area (TPSA) is 98.3 Å². The number of sulfonamides is 1. The number of piperidine rings is 1. The van der Waals surface area contributed by atoms with Gasteiger partial charge in [-0.05, 0) is 33.6 Å². The van der Waals surface area contributed by atoms with Crippen LogP contribution in [0.3, 0.4) is 0 Å². The van der Waals surface area contributed by atoms with Crippen LogP contribution in [-0.4, -0.2) is 40.8 Å². The number of aromatic amines is 1. The summed E-state index contributed by atoms with van der Waals surface area (Å²) in [4.78, 5) is 2.69. The summed E-state index contributed by atoms with van der Waals surface area (Å²) in [5.41, 5.74) is 0.575. The minimum atomic E-state index is -3.73. The number of hydrogen-bond acceptors (Lipinski definition) is 5. The second-order valence-electron chi connectivity index (χ2n) is 5.41. The molecule has 2 rings (SSSR count). The van der Waals surface area contributed by atoms with Crippen molar-refractivity contribution in [3.8, 4) is 0 Å². The van der Waals surface area contributed by atoms with Gasteiger partial charge in [-0.2, -0.15) is 5.10 Å². The van der Waals surface area contributed by atoms with Crippen LogP contribution in [0, 0.1) is 6.92 Å². The van der Waals surface area contributed by atoms with E-state index in [4.69, 9.17) is 0 Å². The third kappa shape index (κ3) is 2.88. The van der Waals surface area contributed by atoms with Gasteiger partial charge in [0.05, 0.1) is 12.3 Å². The van der Waals surface area contributed by atoms with E-state index in [1.54, 1.807) is 11.9 Å². The zero-order valence-electron chi connectivity index (χ0n) is 12.0. The summed E-state index contributed by atoms with van der Waals surface area (Å²) < 4.78 is 25.1. The molecule has 0 bridgehead atoms. The second-order valence-corrected chi connectivity index (χ2v) is 7.01. The maximum Gasteiger partial charge on any atom is 0.257 e.